The first-order valence-electron chi connectivity index (χ1n) is 5.86. The Morgan fingerprint density at radius 3 is 2.95 bits per heavy atom. The Bertz CT molecular complexity index is 639. The van der Waals surface area contributed by atoms with E-state index in [-0.39, 0.29) is 5.91 Å². The third-order valence-corrected chi connectivity index (χ3v) is 2.88. The van der Waals surface area contributed by atoms with Crippen molar-refractivity contribution in [1.29, 1.82) is 5.26 Å². The van der Waals surface area contributed by atoms with Crippen LogP contribution in [0.5, 0.6) is 0 Å². The van der Waals surface area contributed by atoms with Crippen LogP contribution in [0.4, 0.5) is 0 Å². The van der Waals surface area contributed by atoms with E-state index in [1.165, 1.54) is 6.20 Å². The van der Waals surface area contributed by atoms with Crippen LogP contribution in [0.3, 0.4) is 0 Å². The number of nitriles is 1. The maximum Gasteiger partial charge on any atom is 0.257 e. The van der Waals surface area contributed by atoms with Gasteiger partial charge in [0, 0.05) is 19.3 Å². The lowest BCUT2D eigenvalue weighted by atomic mass is 10.1. The molecule has 0 radical (unpaired) electrons. The second-order valence-corrected chi connectivity index (χ2v) is 4.38. The predicted molar refractivity (Wildman–Crippen MR) is 70.3 cm³/mol. The number of amides is 1. The smallest absolute Gasteiger partial charge is 0.257 e. The van der Waals surface area contributed by atoms with Crippen molar-refractivity contribution in [3.63, 3.8) is 0 Å². The molecule has 0 aliphatic rings. The summed E-state index contributed by atoms with van der Waals surface area (Å²) in [7, 11) is 1.73. The summed E-state index contributed by atoms with van der Waals surface area (Å²) in [4.78, 5) is 13.8. The number of hydrogen-bond acceptors (Lipinski definition) is 3. The molecule has 1 N–H and O–H groups in total. The molecular formula is C14H14N4O. The maximum absolute atomic E-state index is 12.2. The van der Waals surface area contributed by atoms with Crippen molar-refractivity contribution >= 4 is 5.91 Å². The molecule has 0 unspecified atom stereocenters. The Balaban J connectivity index is 2.13. The Kier molecular flexibility index (Phi) is 3.62. The van der Waals surface area contributed by atoms with Gasteiger partial charge in [-0.3, -0.25) is 9.89 Å². The van der Waals surface area contributed by atoms with Crippen LogP contribution in [0.2, 0.25) is 0 Å². The first-order valence-corrected chi connectivity index (χ1v) is 5.86. The number of H-pyrrole nitrogens is 1. The SMILES string of the molecule is Cc1[nH]ncc1C(=O)N(C)Cc1cccc(C#N)c1. The summed E-state index contributed by atoms with van der Waals surface area (Å²) >= 11 is 0. The number of nitrogens with one attached hydrogen (secondary N) is 1. The van der Waals surface area contributed by atoms with Crippen molar-refractivity contribution in [2.24, 2.45) is 0 Å². The van der Waals surface area contributed by atoms with Gasteiger partial charge >= 0.3 is 0 Å². The molecule has 2 rings (SSSR count). The molecule has 1 aromatic heterocycles. The monoisotopic (exact) mass is 254 g/mol. The maximum atomic E-state index is 12.2. The van der Waals surface area contributed by atoms with E-state index in [1.54, 1.807) is 24.1 Å². The van der Waals surface area contributed by atoms with Gasteiger partial charge in [0.25, 0.3) is 5.91 Å². The minimum Gasteiger partial charge on any atom is -0.337 e. The Hall–Kier alpha value is -2.61. The lowest BCUT2D eigenvalue weighted by molar-refractivity contribution is 0.0784. The zero-order valence-electron chi connectivity index (χ0n) is 10.8. The lowest BCUT2D eigenvalue weighted by Crippen LogP contribution is -2.26. The fourth-order valence-electron chi connectivity index (χ4n) is 1.86. The van der Waals surface area contributed by atoms with Crippen molar-refractivity contribution in [2.45, 2.75) is 13.5 Å². The topological polar surface area (TPSA) is 72.8 Å². The molecule has 0 bridgehead atoms. The number of aromatic amines is 1. The van der Waals surface area contributed by atoms with E-state index in [1.807, 2.05) is 19.1 Å². The highest BCUT2D eigenvalue weighted by molar-refractivity contribution is 5.94. The number of benzene rings is 1. The molecular weight excluding hydrogens is 240 g/mol. The highest BCUT2D eigenvalue weighted by Gasteiger charge is 2.15. The van der Waals surface area contributed by atoms with Crippen molar-refractivity contribution in [3.8, 4) is 6.07 Å². The molecule has 0 aliphatic carbocycles. The standard InChI is InChI=1S/C14H14N4O/c1-10-13(8-16-17-10)14(19)18(2)9-12-5-3-4-11(6-12)7-15/h3-6,8H,9H2,1-2H3,(H,16,17). The van der Waals surface area contributed by atoms with Gasteiger partial charge in [-0.15, -0.1) is 0 Å². The molecule has 5 heteroatoms. The summed E-state index contributed by atoms with van der Waals surface area (Å²) < 4.78 is 0. The number of carbonyl (C=O) groups excluding carboxylic acids is 1. The Morgan fingerprint density at radius 2 is 2.32 bits per heavy atom. The van der Waals surface area contributed by atoms with Gasteiger partial charge < -0.3 is 4.90 Å². The third-order valence-electron chi connectivity index (χ3n) is 2.88. The molecule has 0 spiro atoms. The van der Waals surface area contributed by atoms with Crippen LogP contribution >= 0.6 is 0 Å². The molecule has 0 saturated heterocycles. The molecule has 0 fully saturated rings. The van der Waals surface area contributed by atoms with Gasteiger partial charge in [0.2, 0.25) is 0 Å². The minimum atomic E-state index is -0.0892. The largest absolute Gasteiger partial charge is 0.337 e. The molecule has 1 aromatic carbocycles. The van der Waals surface area contributed by atoms with Crippen LogP contribution in [-0.4, -0.2) is 28.1 Å². The van der Waals surface area contributed by atoms with E-state index >= 15 is 0 Å². The molecule has 1 heterocycles. The fraction of sp³-hybridized carbons (Fsp3) is 0.214. The highest BCUT2D eigenvalue weighted by atomic mass is 16.2. The summed E-state index contributed by atoms with van der Waals surface area (Å²) in [5, 5.41) is 15.4. The van der Waals surface area contributed by atoms with E-state index < -0.39 is 0 Å². The first kappa shape index (κ1) is 12.8. The molecule has 0 saturated carbocycles. The quantitative estimate of drug-likeness (QED) is 0.908. The number of aryl methyl sites for hydroxylation is 1. The normalized spacial score (nSPS) is 9.95. The number of hydrogen-bond donors (Lipinski definition) is 1. The van der Waals surface area contributed by atoms with Crippen molar-refractivity contribution in [1.82, 2.24) is 15.1 Å². The minimum absolute atomic E-state index is 0.0892. The van der Waals surface area contributed by atoms with Crippen LogP contribution in [0, 0.1) is 18.3 Å². The van der Waals surface area contributed by atoms with Gasteiger partial charge in [0.1, 0.15) is 0 Å². The van der Waals surface area contributed by atoms with Crippen LogP contribution < -0.4 is 0 Å². The number of carbonyl (C=O) groups is 1. The summed E-state index contributed by atoms with van der Waals surface area (Å²) in [6, 6.07) is 9.32. The Labute approximate surface area is 111 Å². The van der Waals surface area contributed by atoms with Gasteiger partial charge in [-0.05, 0) is 24.6 Å². The second-order valence-electron chi connectivity index (χ2n) is 4.38. The zero-order valence-corrected chi connectivity index (χ0v) is 10.8. The molecule has 0 aliphatic heterocycles. The zero-order chi connectivity index (χ0) is 13.8. The predicted octanol–water partition coefficient (Wildman–Crippen LogP) is 1.86. The number of nitrogens with zero attached hydrogens (tertiary/aromatic N) is 3. The van der Waals surface area contributed by atoms with Gasteiger partial charge in [-0.2, -0.15) is 10.4 Å². The molecule has 96 valence electrons. The van der Waals surface area contributed by atoms with Crippen molar-refractivity contribution in [3.05, 3.63) is 52.8 Å². The number of rotatable bonds is 3. The van der Waals surface area contributed by atoms with E-state index in [4.69, 9.17) is 5.26 Å². The van der Waals surface area contributed by atoms with Crippen LogP contribution in [0.1, 0.15) is 27.2 Å². The van der Waals surface area contributed by atoms with Crippen LogP contribution in [-0.2, 0) is 6.54 Å². The van der Waals surface area contributed by atoms with Crippen LogP contribution in [0.15, 0.2) is 30.5 Å². The van der Waals surface area contributed by atoms with Crippen LogP contribution in [0.25, 0.3) is 0 Å². The first-order chi connectivity index (χ1) is 9.11. The van der Waals surface area contributed by atoms with E-state index in [9.17, 15) is 4.79 Å². The average molecular weight is 254 g/mol. The Morgan fingerprint density at radius 1 is 1.53 bits per heavy atom. The van der Waals surface area contributed by atoms with Gasteiger partial charge in [0.15, 0.2) is 0 Å². The van der Waals surface area contributed by atoms with Crippen molar-refractivity contribution < 1.29 is 4.79 Å². The van der Waals surface area contributed by atoms with Crippen molar-refractivity contribution in [2.75, 3.05) is 7.05 Å². The second kappa shape index (κ2) is 5.36. The highest BCUT2D eigenvalue weighted by Crippen LogP contribution is 2.11. The molecule has 2 aromatic rings. The van der Waals surface area contributed by atoms with E-state index in [2.05, 4.69) is 16.3 Å². The van der Waals surface area contributed by atoms with E-state index in [0.29, 0.717) is 17.7 Å². The fourth-order valence-corrected chi connectivity index (χ4v) is 1.86. The van der Waals surface area contributed by atoms with Gasteiger partial charge in [-0.25, -0.2) is 0 Å². The number of aromatic nitrogens is 2. The van der Waals surface area contributed by atoms with Gasteiger partial charge in [0.05, 0.1) is 23.4 Å². The third kappa shape index (κ3) is 2.80. The average Bonchev–Trinajstić information content (AvgIpc) is 2.84. The summed E-state index contributed by atoms with van der Waals surface area (Å²) in [5.41, 5.74) is 2.84. The molecule has 1 amide bonds. The molecule has 5 nitrogen and oxygen atoms in total. The van der Waals surface area contributed by atoms with E-state index in [0.717, 1.165) is 11.3 Å². The lowest BCUT2D eigenvalue weighted by Gasteiger charge is -2.17. The molecule has 19 heavy (non-hydrogen) atoms. The summed E-state index contributed by atoms with van der Waals surface area (Å²) in [6.07, 6.45) is 1.53. The molecule has 0 atom stereocenters. The summed E-state index contributed by atoms with van der Waals surface area (Å²) in [5.74, 6) is -0.0892. The summed E-state index contributed by atoms with van der Waals surface area (Å²) in [6.45, 7) is 2.27. The van der Waals surface area contributed by atoms with Gasteiger partial charge in [-0.1, -0.05) is 12.1 Å².